The van der Waals surface area contributed by atoms with Gasteiger partial charge in [0.25, 0.3) is 5.91 Å². The van der Waals surface area contributed by atoms with Gasteiger partial charge in [0.05, 0.1) is 45.4 Å². The van der Waals surface area contributed by atoms with Gasteiger partial charge in [-0.15, -0.1) is 11.3 Å². The predicted molar refractivity (Wildman–Crippen MR) is 283 cm³/mol. The third kappa shape index (κ3) is 12.7. The quantitative estimate of drug-likeness (QED) is 0.0580. The van der Waals surface area contributed by atoms with Crippen molar-refractivity contribution in [3.63, 3.8) is 0 Å². The van der Waals surface area contributed by atoms with Gasteiger partial charge in [0.15, 0.2) is 0 Å². The Bertz CT molecular complexity index is 2790. The first-order valence-corrected chi connectivity index (χ1v) is 26.0. The van der Waals surface area contributed by atoms with E-state index in [9.17, 15) is 29.5 Å². The SMILES string of the molecule is Cc1ncsc1-c1ccc([C@H](C)NC(=O)[C@@H]2C[C@@H](O)CN2C(=O)C(NC(=O)COCCCCOc2ccc(-c3ccc(C(=O)NC4C(C)(C)C(Oc5ccc(C#N)c(Cl)c5)C4(C)C)cc3)cc2)C(C)(C)C)cc1. The van der Waals surface area contributed by atoms with Crippen LogP contribution in [0.1, 0.15) is 108 Å². The van der Waals surface area contributed by atoms with Crippen LogP contribution in [0.5, 0.6) is 11.5 Å². The fourth-order valence-corrected chi connectivity index (χ4v) is 11.3. The Kier molecular flexibility index (Phi) is 17.0. The topological polar surface area (TPSA) is 192 Å². The fourth-order valence-electron chi connectivity index (χ4n) is 10.2. The molecule has 4 amide bonds. The van der Waals surface area contributed by atoms with Crippen LogP contribution in [0.15, 0.2) is 96.5 Å². The predicted octanol–water partition coefficient (Wildman–Crippen LogP) is 9.47. The van der Waals surface area contributed by atoms with Crippen LogP contribution in [0.2, 0.25) is 5.02 Å². The molecule has 1 saturated heterocycles. The monoisotopic (exact) mass is 1030 g/mol. The number of unbranched alkanes of at least 4 members (excludes halogenated alkanes) is 1. The Balaban J connectivity index is 0.812. The van der Waals surface area contributed by atoms with Crippen LogP contribution in [0.4, 0.5) is 0 Å². The number of hydrogen-bond donors (Lipinski definition) is 4. The van der Waals surface area contributed by atoms with Crippen molar-refractivity contribution in [2.75, 3.05) is 26.4 Å². The van der Waals surface area contributed by atoms with Gasteiger partial charge in [0.1, 0.15) is 42.4 Å². The van der Waals surface area contributed by atoms with E-state index in [0.717, 1.165) is 32.8 Å². The van der Waals surface area contributed by atoms with Crippen LogP contribution in [0.25, 0.3) is 21.6 Å². The minimum Gasteiger partial charge on any atom is -0.494 e. The Morgan fingerprint density at radius 1 is 0.890 bits per heavy atom. The summed E-state index contributed by atoms with van der Waals surface area (Å²) < 4.78 is 18.0. The van der Waals surface area contributed by atoms with E-state index in [4.69, 9.17) is 25.8 Å². The van der Waals surface area contributed by atoms with Crippen LogP contribution in [-0.4, -0.2) is 95.3 Å². The molecule has 5 aromatic rings. The number of hydrogen-bond acceptors (Lipinski definition) is 11. The summed E-state index contributed by atoms with van der Waals surface area (Å²) in [5.41, 5.74) is 6.11. The van der Waals surface area contributed by atoms with Crippen molar-refractivity contribution in [3.05, 3.63) is 124 Å². The number of nitrogens with one attached hydrogen (secondary N) is 3. The van der Waals surface area contributed by atoms with Crippen LogP contribution in [-0.2, 0) is 19.1 Å². The number of benzene rings is 4. The van der Waals surface area contributed by atoms with E-state index in [0.29, 0.717) is 53.7 Å². The average Bonchev–Trinajstić information content (AvgIpc) is 3.98. The molecular weight excluding hydrogens is 964 g/mol. The number of amides is 4. The summed E-state index contributed by atoms with van der Waals surface area (Å²) in [4.78, 5) is 61.2. The second kappa shape index (κ2) is 22.8. The highest BCUT2D eigenvalue weighted by molar-refractivity contribution is 7.13. The standard InChI is InChI=1S/C57H67ClN6O8S/c1-34(36-12-16-39(17-13-36)48-35(2)60-33-73-48)61-51(68)46-28-42(65)31-64(46)52(69)49(55(3,4)5)62-47(66)32-70-26-10-11-27-71-43-23-20-38(21-24-43)37-14-18-40(19-15-37)50(67)63-53-56(6,7)54(57(53,8)9)72-44-25-22-41(30-59)45(58)29-44/h12-25,29,33-34,42,46,49,53-54,65H,10-11,26-28,31-32H2,1-9H3,(H,61,68)(H,62,66)(H,63,67)/t34-,42+,46-,49?,53?,54?/m0/s1. The number of aromatic nitrogens is 1. The summed E-state index contributed by atoms with van der Waals surface area (Å²) >= 11 is 7.83. The molecule has 4 N–H and O–H groups in total. The maximum atomic E-state index is 14.1. The van der Waals surface area contributed by atoms with Gasteiger partial charge in [-0.25, -0.2) is 4.98 Å². The molecule has 2 aliphatic rings. The molecule has 386 valence electrons. The lowest BCUT2D eigenvalue weighted by molar-refractivity contribution is -0.164. The molecule has 1 saturated carbocycles. The van der Waals surface area contributed by atoms with E-state index in [1.54, 1.807) is 29.5 Å². The molecule has 4 atom stereocenters. The largest absolute Gasteiger partial charge is 0.494 e. The van der Waals surface area contributed by atoms with Crippen molar-refractivity contribution < 1.29 is 38.5 Å². The summed E-state index contributed by atoms with van der Waals surface area (Å²) in [5, 5.41) is 29.3. The smallest absolute Gasteiger partial charge is 0.251 e. The minimum absolute atomic E-state index is 0.0200. The van der Waals surface area contributed by atoms with E-state index >= 15 is 0 Å². The van der Waals surface area contributed by atoms with Crippen molar-refractivity contribution in [1.82, 2.24) is 25.8 Å². The number of nitriles is 1. The molecular formula is C57H67ClN6O8S. The minimum atomic E-state index is -0.965. The van der Waals surface area contributed by atoms with Crippen LogP contribution in [0.3, 0.4) is 0 Å². The van der Waals surface area contributed by atoms with Crippen LogP contribution < -0.4 is 25.4 Å². The lowest BCUT2D eigenvalue weighted by Gasteiger charge is -2.63. The number of carbonyl (C=O) groups is 4. The number of ether oxygens (including phenoxy) is 3. The number of aliphatic hydroxyl groups excluding tert-OH is 1. The number of nitrogens with zero attached hydrogens (tertiary/aromatic N) is 3. The van der Waals surface area contributed by atoms with Crippen molar-refractivity contribution in [3.8, 4) is 39.1 Å². The highest BCUT2D eigenvalue weighted by atomic mass is 35.5. The zero-order valence-electron chi connectivity index (χ0n) is 43.1. The molecule has 2 fully saturated rings. The highest BCUT2D eigenvalue weighted by Gasteiger charge is 2.64. The molecule has 0 bridgehead atoms. The van der Waals surface area contributed by atoms with Gasteiger partial charge >= 0.3 is 0 Å². The number of thiazole rings is 1. The molecule has 2 heterocycles. The van der Waals surface area contributed by atoms with E-state index in [2.05, 4.69) is 54.7 Å². The van der Waals surface area contributed by atoms with Gasteiger partial charge in [0, 0.05) is 48.1 Å². The number of rotatable bonds is 19. The van der Waals surface area contributed by atoms with Gasteiger partial charge in [-0.1, -0.05) is 109 Å². The van der Waals surface area contributed by atoms with Crippen molar-refractivity contribution in [1.29, 1.82) is 5.26 Å². The molecule has 4 aromatic carbocycles. The zero-order valence-corrected chi connectivity index (χ0v) is 44.7. The number of aliphatic hydroxyl groups is 1. The fraction of sp³-hybridized carbons (Fsp3) is 0.439. The second-order valence-electron chi connectivity index (χ2n) is 21.4. The number of likely N-dealkylation sites (tertiary alicyclic amines) is 1. The molecule has 7 rings (SSSR count). The number of aryl methyl sites for hydroxylation is 1. The van der Waals surface area contributed by atoms with Gasteiger partial charge < -0.3 is 40.2 Å². The first-order chi connectivity index (χ1) is 34.6. The molecule has 1 aliphatic heterocycles. The maximum Gasteiger partial charge on any atom is 0.251 e. The number of halogens is 1. The number of carbonyl (C=O) groups excluding carboxylic acids is 4. The van der Waals surface area contributed by atoms with Gasteiger partial charge in [-0.05, 0) is 90.8 Å². The van der Waals surface area contributed by atoms with Crippen LogP contribution >= 0.6 is 22.9 Å². The Morgan fingerprint density at radius 3 is 2.11 bits per heavy atom. The highest BCUT2D eigenvalue weighted by Crippen LogP contribution is 2.55. The molecule has 14 nitrogen and oxygen atoms in total. The van der Waals surface area contributed by atoms with Gasteiger partial charge in [-0.3, -0.25) is 19.2 Å². The molecule has 1 aliphatic carbocycles. The summed E-state index contributed by atoms with van der Waals surface area (Å²) in [5.74, 6) is -0.144. The summed E-state index contributed by atoms with van der Waals surface area (Å²) in [6.45, 7) is 18.1. The third-order valence-corrected chi connectivity index (χ3v) is 15.3. The zero-order chi connectivity index (χ0) is 52.8. The van der Waals surface area contributed by atoms with E-state index in [1.807, 2.05) is 113 Å². The van der Waals surface area contributed by atoms with Crippen LogP contribution in [0, 0.1) is 34.5 Å². The number of β-amino-alcohol motifs (C(OH)–C–C–N with tert-alkyl or cyclic N) is 1. The van der Waals surface area contributed by atoms with E-state index in [-0.39, 0.29) is 60.4 Å². The lowest BCUT2D eigenvalue weighted by Crippen LogP contribution is -2.74. The summed E-state index contributed by atoms with van der Waals surface area (Å²) in [6, 6.07) is 27.9. The molecule has 73 heavy (non-hydrogen) atoms. The average molecular weight is 1030 g/mol. The third-order valence-electron chi connectivity index (χ3n) is 14.0. The molecule has 0 radical (unpaired) electrons. The normalized spacial score (nSPS) is 19.7. The summed E-state index contributed by atoms with van der Waals surface area (Å²) in [7, 11) is 0. The summed E-state index contributed by atoms with van der Waals surface area (Å²) in [6.07, 6.45) is 0.324. The maximum absolute atomic E-state index is 14.1. The van der Waals surface area contributed by atoms with Crippen molar-refractivity contribution >= 4 is 46.6 Å². The Hall–Kier alpha value is -6.31. The van der Waals surface area contributed by atoms with Gasteiger partial charge in [0.2, 0.25) is 17.7 Å². The van der Waals surface area contributed by atoms with Crippen molar-refractivity contribution in [2.45, 2.75) is 118 Å². The molecule has 16 heteroatoms. The first kappa shape index (κ1) is 54.5. The lowest BCUT2D eigenvalue weighted by atomic mass is 9.49. The van der Waals surface area contributed by atoms with E-state index < -0.39 is 35.4 Å². The van der Waals surface area contributed by atoms with Crippen molar-refractivity contribution in [2.24, 2.45) is 16.2 Å². The molecule has 1 unspecified atom stereocenters. The second-order valence-corrected chi connectivity index (χ2v) is 22.7. The molecule has 0 spiro atoms. The Labute approximate surface area is 437 Å². The Morgan fingerprint density at radius 2 is 1.51 bits per heavy atom. The van der Waals surface area contributed by atoms with Gasteiger partial charge in [-0.2, -0.15) is 5.26 Å². The molecule has 1 aromatic heterocycles. The van der Waals surface area contributed by atoms with E-state index in [1.165, 1.54) is 4.90 Å². The first-order valence-electron chi connectivity index (χ1n) is 24.8.